The molecule has 0 unspecified atom stereocenters. The van der Waals surface area contributed by atoms with Crippen molar-refractivity contribution in [3.63, 3.8) is 0 Å². The minimum absolute atomic E-state index is 0.0385. The van der Waals surface area contributed by atoms with Crippen LogP contribution in [0.5, 0.6) is 0 Å². The van der Waals surface area contributed by atoms with Crippen LogP contribution in [0.2, 0.25) is 25.7 Å². The van der Waals surface area contributed by atoms with Gasteiger partial charge < -0.3 is 52.1 Å². The molecule has 4 aromatic rings. The minimum atomic E-state index is -1.63. The van der Waals surface area contributed by atoms with Gasteiger partial charge in [-0.05, 0) is 28.3 Å². The molecule has 0 saturated carbocycles. The summed E-state index contributed by atoms with van der Waals surface area (Å²) in [6, 6.07) is 39.7. The lowest BCUT2D eigenvalue weighted by molar-refractivity contribution is -0.371. The van der Waals surface area contributed by atoms with Crippen molar-refractivity contribution in [2.75, 3.05) is 19.8 Å². The van der Waals surface area contributed by atoms with Gasteiger partial charge in [0.25, 0.3) is 0 Å². The molecule has 0 amide bonds. The Morgan fingerprint density at radius 2 is 0.909 bits per heavy atom. The monoisotopic (exact) mass is 928 g/mol. The summed E-state index contributed by atoms with van der Waals surface area (Å²) in [6.07, 6.45) is -11.1. The number of hydrogen-bond acceptors (Lipinski definition) is 14. The summed E-state index contributed by atoms with van der Waals surface area (Å²) in [5, 5.41) is 0. The van der Waals surface area contributed by atoms with E-state index in [0.717, 1.165) is 28.3 Å². The molecule has 6 rings (SSSR count). The van der Waals surface area contributed by atoms with Crippen molar-refractivity contribution >= 4 is 26.0 Å². The standard InChI is InChI=1S/C51H64O14Si/c1-35(52)57-34-43-45(61-36(2)53)47(49(62-37(3)54)50(63-43)56-27-28-66(4,5)6)65-51-48(60-32-41-25-17-10-18-26-41)46(59-31-40-23-15-9-16-24-40)44(58-30-39-21-13-8-14-22-39)42(64-51)33-55-29-38-19-11-7-12-20-38/h7-26,42-51H,27-34H2,1-6H3/t42-,43-,44+,45+,46+,47+,48-,49-,50-,51-/m1/s1. The largest absolute Gasteiger partial charge is 0.463 e. The first-order valence-electron chi connectivity index (χ1n) is 22.5. The molecule has 4 aromatic carbocycles. The van der Waals surface area contributed by atoms with Gasteiger partial charge in [0.1, 0.15) is 43.2 Å². The highest BCUT2D eigenvalue weighted by Gasteiger charge is 2.56. The maximum Gasteiger partial charge on any atom is 0.303 e. The molecule has 2 fully saturated rings. The van der Waals surface area contributed by atoms with Crippen LogP contribution in [0.3, 0.4) is 0 Å². The third-order valence-electron chi connectivity index (χ3n) is 10.9. The molecule has 2 aliphatic heterocycles. The van der Waals surface area contributed by atoms with Gasteiger partial charge in [0.05, 0.1) is 33.0 Å². The van der Waals surface area contributed by atoms with Crippen LogP contribution in [0.4, 0.5) is 0 Å². The van der Waals surface area contributed by atoms with Gasteiger partial charge in [-0.1, -0.05) is 141 Å². The van der Waals surface area contributed by atoms with E-state index in [1.807, 2.05) is 121 Å². The molecule has 0 aliphatic carbocycles. The van der Waals surface area contributed by atoms with Gasteiger partial charge >= 0.3 is 17.9 Å². The Morgan fingerprint density at radius 1 is 0.470 bits per heavy atom. The van der Waals surface area contributed by atoms with Crippen LogP contribution in [-0.4, -0.2) is 107 Å². The van der Waals surface area contributed by atoms with E-state index in [-0.39, 0.29) is 46.2 Å². The zero-order valence-corrected chi connectivity index (χ0v) is 39.7. The number of carbonyl (C=O) groups excluding carboxylic acids is 3. The Labute approximate surface area is 389 Å². The Hall–Kier alpha value is -4.81. The molecule has 2 saturated heterocycles. The molecule has 14 nitrogen and oxygen atoms in total. The van der Waals surface area contributed by atoms with Gasteiger partial charge in [-0.25, -0.2) is 0 Å². The van der Waals surface area contributed by atoms with Gasteiger partial charge in [0.15, 0.2) is 24.8 Å². The van der Waals surface area contributed by atoms with Gasteiger partial charge in [-0.3, -0.25) is 14.4 Å². The Balaban J connectivity index is 1.44. The van der Waals surface area contributed by atoms with E-state index in [1.165, 1.54) is 20.8 Å². The average Bonchev–Trinajstić information content (AvgIpc) is 3.29. The maximum absolute atomic E-state index is 13.0. The summed E-state index contributed by atoms with van der Waals surface area (Å²) in [6.45, 7) is 11.1. The number of esters is 3. The second-order valence-corrected chi connectivity index (χ2v) is 23.2. The van der Waals surface area contributed by atoms with Crippen LogP contribution in [-0.2, 0) is 92.9 Å². The number of carbonyl (C=O) groups is 3. The molecule has 356 valence electrons. The van der Waals surface area contributed by atoms with Crippen LogP contribution < -0.4 is 0 Å². The highest BCUT2D eigenvalue weighted by molar-refractivity contribution is 6.76. The van der Waals surface area contributed by atoms with Gasteiger partial charge in [0, 0.05) is 35.5 Å². The summed E-state index contributed by atoms with van der Waals surface area (Å²) in [4.78, 5) is 38.2. The first-order valence-corrected chi connectivity index (χ1v) is 26.2. The highest BCUT2D eigenvalue weighted by atomic mass is 28.3. The second kappa shape index (κ2) is 25.4. The first-order chi connectivity index (χ1) is 31.8. The highest BCUT2D eigenvalue weighted by Crippen LogP contribution is 2.37. The molecule has 2 heterocycles. The molecule has 2 aliphatic rings. The number of benzene rings is 4. The fourth-order valence-corrected chi connectivity index (χ4v) is 8.37. The van der Waals surface area contributed by atoms with Crippen molar-refractivity contribution in [3.05, 3.63) is 144 Å². The quantitative estimate of drug-likeness (QED) is 0.0408. The van der Waals surface area contributed by atoms with Gasteiger partial charge in [0.2, 0.25) is 0 Å². The normalized spacial score (nSPS) is 25.4. The van der Waals surface area contributed by atoms with Crippen molar-refractivity contribution in [1.29, 1.82) is 0 Å². The molecule has 0 N–H and O–H groups in total. The molecule has 10 atom stereocenters. The van der Waals surface area contributed by atoms with Crippen LogP contribution in [0.15, 0.2) is 121 Å². The molecule has 0 spiro atoms. The molecule has 0 bridgehead atoms. The predicted octanol–water partition coefficient (Wildman–Crippen LogP) is 7.58. The molecule has 0 radical (unpaired) electrons. The lowest BCUT2D eigenvalue weighted by Gasteiger charge is -2.49. The Morgan fingerprint density at radius 3 is 1.39 bits per heavy atom. The van der Waals surface area contributed by atoms with E-state index in [1.54, 1.807) is 0 Å². The minimum Gasteiger partial charge on any atom is -0.463 e. The van der Waals surface area contributed by atoms with Crippen LogP contribution >= 0.6 is 0 Å². The van der Waals surface area contributed by atoms with Crippen molar-refractivity contribution < 1.29 is 66.5 Å². The van der Waals surface area contributed by atoms with Gasteiger partial charge in [-0.2, -0.15) is 0 Å². The smallest absolute Gasteiger partial charge is 0.303 e. The fraction of sp³-hybridized carbons (Fsp3) is 0.471. The average molecular weight is 929 g/mol. The van der Waals surface area contributed by atoms with Crippen LogP contribution in [0.1, 0.15) is 43.0 Å². The Kier molecular flexibility index (Phi) is 19.4. The Bertz CT molecular complexity index is 2050. The summed E-state index contributed by atoms with van der Waals surface area (Å²) < 4.78 is 71.2. The third kappa shape index (κ3) is 15.9. The van der Waals surface area contributed by atoms with E-state index >= 15 is 0 Å². The van der Waals surface area contributed by atoms with Crippen LogP contribution in [0.25, 0.3) is 0 Å². The summed E-state index contributed by atoms with van der Waals surface area (Å²) in [5.41, 5.74) is 3.66. The number of rotatable bonds is 23. The fourth-order valence-electron chi connectivity index (χ4n) is 7.64. The van der Waals surface area contributed by atoms with E-state index < -0.39 is 87.4 Å². The first kappa shape index (κ1) is 50.6. The molecule has 66 heavy (non-hydrogen) atoms. The number of ether oxygens (including phenoxy) is 11. The molecule has 15 heteroatoms. The maximum atomic E-state index is 13.0. The summed E-state index contributed by atoms with van der Waals surface area (Å²) in [7, 11) is -1.63. The van der Waals surface area contributed by atoms with Crippen molar-refractivity contribution in [2.24, 2.45) is 0 Å². The molecular weight excluding hydrogens is 865 g/mol. The lowest BCUT2D eigenvalue weighted by atomic mass is 9.95. The van der Waals surface area contributed by atoms with Crippen molar-refractivity contribution in [2.45, 2.75) is 134 Å². The zero-order valence-electron chi connectivity index (χ0n) is 38.7. The van der Waals surface area contributed by atoms with E-state index in [4.69, 9.17) is 52.1 Å². The number of hydrogen-bond donors (Lipinski definition) is 0. The topological polar surface area (TPSA) is 153 Å². The van der Waals surface area contributed by atoms with E-state index in [2.05, 4.69) is 19.6 Å². The lowest BCUT2D eigenvalue weighted by Crippen LogP contribution is -2.67. The summed E-state index contributed by atoms with van der Waals surface area (Å²) >= 11 is 0. The predicted molar refractivity (Wildman–Crippen MR) is 245 cm³/mol. The van der Waals surface area contributed by atoms with Crippen LogP contribution in [0, 0.1) is 0 Å². The molecule has 0 aromatic heterocycles. The third-order valence-corrected chi connectivity index (χ3v) is 12.6. The van der Waals surface area contributed by atoms with E-state index in [9.17, 15) is 14.4 Å². The zero-order chi connectivity index (χ0) is 46.9. The SMILES string of the molecule is CC(=O)OC[C@H]1O[C@@H](OCC[Si](C)(C)C)[C@H](OC(C)=O)[C@@H](O[C@H]2O[C@H](COCc3ccccc3)[C@H](OCc3ccccc3)[C@H](OCc3ccccc3)[C@H]2OCc2ccccc2)[C@H]1OC(C)=O. The van der Waals surface area contributed by atoms with Crippen molar-refractivity contribution in [1.82, 2.24) is 0 Å². The van der Waals surface area contributed by atoms with Gasteiger partial charge in [-0.15, -0.1) is 0 Å². The summed E-state index contributed by atoms with van der Waals surface area (Å²) in [5.74, 6) is -1.93. The van der Waals surface area contributed by atoms with Crippen molar-refractivity contribution in [3.8, 4) is 0 Å². The molecular formula is C51H64O14Si. The van der Waals surface area contributed by atoms with E-state index in [0.29, 0.717) is 0 Å². The second-order valence-electron chi connectivity index (χ2n) is 17.6.